The number of alkyl halides is 3. The third-order valence-electron chi connectivity index (χ3n) is 3.61. The molecular weight excluding hydrogens is 279 g/mol. The summed E-state index contributed by atoms with van der Waals surface area (Å²) in [5.41, 5.74) is 6.45. The van der Waals surface area contributed by atoms with Gasteiger partial charge in [-0.05, 0) is 17.2 Å². The van der Waals surface area contributed by atoms with Crippen LogP contribution < -0.4 is 10.5 Å². The average molecular weight is 293 g/mol. The van der Waals surface area contributed by atoms with E-state index in [0.29, 0.717) is 24.3 Å². The third-order valence-corrected chi connectivity index (χ3v) is 3.61. The van der Waals surface area contributed by atoms with Gasteiger partial charge in [0.2, 0.25) is 0 Å². The molecule has 0 aliphatic carbocycles. The van der Waals surface area contributed by atoms with Gasteiger partial charge in [0.15, 0.2) is 0 Å². The molecule has 0 spiro atoms. The van der Waals surface area contributed by atoms with Gasteiger partial charge in [-0.25, -0.2) is 0 Å². The van der Waals surface area contributed by atoms with Gasteiger partial charge in [-0.1, -0.05) is 36.4 Å². The fourth-order valence-electron chi connectivity index (χ4n) is 2.65. The zero-order valence-electron chi connectivity index (χ0n) is 11.2. The van der Waals surface area contributed by atoms with Gasteiger partial charge in [-0.15, -0.1) is 0 Å². The highest BCUT2D eigenvalue weighted by molar-refractivity contribution is 5.76. The second-order valence-corrected chi connectivity index (χ2v) is 5.02. The summed E-state index contributed by atoms with van der Waals surface area (Å²) in [5.74, 6) is 0.518. The summed E-state index contributed by atoms with van der Waals surface area (Å²) in [5, 5.41) is 0. The zero-order valence-corrected chi connectivity index (χ0v) is 11.2. The summed E-state index contributed by atoms with van der Waals surface area (Å²) in [6, 6.07) is 10.8. The van der Waals surface area contributed by atoms with Gasteiger partial charge in [0.05, 0.1) is 5.56 Å². The van der Waals surface area contributed by atoms with E-state index in [2.05, 4.69) is 0 Å². The van der Waals surface area contributed by atoms with Crippen LogP contribution in [0.1, 0.15) is 11.1 Å². The van der Waals surface area contributed by atoms with E-state index < -0.39 is 11.7 Å². The van der Waals surface area contributed by atoms with Crippen LogP contribution in [0.3, 0.4) is 0 Å². The molecule has 2 aromatic carbocycles. The Bertz CT molecular complexity index is 667. The van der Waals surface area contributed by atoms with Crippen LogP contribution in [-0.2, 0) is 12.6 Å². The highest BCUT2D eigenvalue weighted by Gasteiger charge is 2.35. The fraction of sp³-hybridized carbons (Fsp3) is 0.250. The molecule has 110 valence electrons. The maximum atomic E-state index is 13.2. The first-order valence-electron chi connectivity index (χ1n) is 6.66. The van der Waals surface area contributed by atoms with Crippen molar-refractivity contribution in [2.75, 3.05) is 6.54 Å². The molecule has 3 rings (SSSR count). The largest absolute Gasteiger partial charge is 0.488 e. The lowest BCUT2D eigenvalue weighted by molar-refractivity contribution is -0.137. The molecule has 0 amide bonds. The number of halogens is 3. The van der Waals surface area contributed by atoms with E-state index in [-0.39, 0.29) is 11.7 Å². The summed E-state index contributed by atoms with van der Waals surface area (Å²) in [6.07, 6.45) is -3.93. The van der Waals surface area contributed by atoms with Crippen LogP contribution in [0.2, 0.25) is 0 Å². The molecule has 1 atom stereocenters. The lowest BCUT2D eigenvalue weighted by Crippen LogP contribution is -2.24. The van der Waals surface area contributed by atoms with Crippen LogP contribution in [0.25, 0.3) is 11.1 Å². The predicted octanol–water partition coefficient (Wildman–Crippen LogP) is 3.63. The van der Waals surface area contributed by atoms with E-state index in [9.17, 15) is 13.2 Å². The Morgan fingerprint density at radius 3 is 2.48 bits per heavy atom. The minimum absolute atomic E-state index is 0.138. The second kappa shape index (κ2) is 5.07. The quantitative estimate of drug-likeness (QED) is 0.917. The smallest absolute Gasteiger partial charge is 0.417 e. The monoisotopic (exact) mass is 293 g/mol. The van der Waals surface area contributed by atoms with Gasteiger partial charge in [-0.3, -0.25) is 0 Å². The lowest BCUT2D eigenvalue weighted by atomic mass is 9.96. The highest BCUT2D eigenvalue weighted by atomic mass is 19.4. The van der Waals surface area contributed by atoms with Crippen molar-refractivity contribution in [1.82, 2.24) is 0 Å². The first kappa shape index (κ1) is 13.9. The summed E-state index contributed by atoms with van der Waals surface area (Å²) in [7, 11) is 0. The number of nitrogens with two attached hydrogens (primary N) is 1. The fourth-order valence-corrected chi connectivity index (χ4v) is 2.65. The molecule has 0 fully saturated rings. The second-order valence-electron chi connectivity index (χ2n) is 5.02. The molecule has 0 radical (unpaired) electrons. The maximum absolute atomic E-state index is 13.2. The van der Waals surface area contributed by atoms with Crippen LogP contribution >= 0.6 is 0 Å². The van der Waals surface area contributed by atoms with Gasteiger partial charge >= 0.3 is 6.18 Å². The van der Waals surface area contributed by atoms with Crippen molar-refractivity contribution in [3.05, 3.63) is 53.6 Å². The van der Waals surface area contributed by atoms with E-state index in [4.69, 9.17) is 10.5 Å². The van der Waals surface area contributed by atoms with E-state index in [1.807, 2.05) is 6.07 Å². The third kappa shape index (κ3) is 2.49. The Morgan fingerprint density at radius 2 is 1.76 bits per heavy atom. The van der Waals surface area contributed by atoms with Gasteiger partial charge < -0.3 is 10.5 Å². The molecule has 2 aromatic rings. The molecule has 1 aliphatic rings. The maximum Gasteiger partial charge on any atom is 0.417 e. The van der Waals surface area contributed by atoms with Crippen molar-refractivity contribution < 1.29 is 17.9 Å². The van der Waals surface area contributed by atoms with Gasteiger partial charge in [-0.2, -0.15) is 13.2 Å². The first-order valence-corrected chi connectivity index (χ1v) is 6.66. The van der Waals surface area contributed by atoms with Crippen molar-refractivity contribution in [3.63, 3.8) is 0 Å². The van der Waals surface area contributed by atoms with Gasteiger partial charge in [0, 0.05) is 18.5 Å². The van der Waals surface area contributed by atoms with Crippen molar-refractivity contribution in [2.24, 2.45) is 5.73 Å². The molecule has 0 bridgehead atoms. The minimum atomic E-state index is -4.40. The average Bonchev–Trinajstić information content (AvgIpc) is 2.89. The van der Waals surface area contributed by atoms with E-state index >= 15 is 0 Å². The van der Waals surface area contributed by atoms with E-state index in [1.165, 1.54) is 12.1 Å². The Balaban J connectivity index is 2.14. The summed E-state index contributed by atoms with van der Waals surface area (Å²) in [6.45, 7) is 0.342. The number of para-hydroxylation sites is 1. The summed E-state index contributed by atoms with van der Waals surface area (Å²) < 4.78 is 45.2. The first-order chi connectivity index (χ1) is 10.0. The molecule has 1 aliphatic heterocycles. The zero-order chi connectivity index (χ0) is 15.0. The van der Waals surface area contributed by atoms with Crippen LogP contribution in [0.15, 0.2) is 42.5 Å². The molecule has 0 aromatic heterocycles. The number of rotatable bonds is 2. The number of fused-ring (bicyclic) bond motifs is 1. The molecule has 0 saturated carbocycles. The number of hydrogen-bond acceptors (Lipinski definition) is 2. The number of ether oxygens (including phenoxy) is 1. The highest BCUT2D eigenvalue weighted by Crippen LogP contribution is 2.43. The van der Waals surface area contributed by atoms with Crippen molar-refractivity contribution in [1.29, 1.82) is 0 Å². The lowest BCUT2D eigenvalue weighted by Gasteiger charge is -2.15. The Morgan fingerprint density at radius 1 is 1.05 bits per heavy atom. The Hall–Kier alpha value is -2.01. The molecule has 0 unspecified atom stereocenters. The standard InChI is InChI=1S/C16H14F3NO/c17-16(18,19)14-7-2-1-5-12(14)13-6-3-4-10-8-11(9-20)21-15(10)13/h1-7,11H,8-9,20H2/t11-/m0/s1. The number of benzene rings is 2. The molecule has 0 saturated heterocycles. The minimum Gasteiger partial charge on any atom is -0.488 e. The van der Waals surface area contributed by atoms with Crippen LogP contribution in [-0.4, -0.2) is 12.6 Å². The number of hydrogen-bond donors (Lipinski definition) is 1. The molecule has 1 heterocycles. The van der Waals surface area contributed by atoms with Crippen LogP contribution in [0, 0.1) is 0 Å². The van der Waals surface area contributed by atoms with Crippen molar-refractivity contribution >= 4 is 0 Å². The van der Waals surface area contributed by atoms with Gasteiger partial charge in [0.25, 0.3) is 0 Å². The topological polar surface area (TPSA) is 35.2 Å². The SMILES string of the molecule is NC[C@@H]1Cc2cccc(-c3ccccc3C(F)(F)F)c2O1. The molecule has 2 N–H and O–H groups in total. The van der Waals surface area contributed by atoms with Gasteiger partial charge in [0.1, 0.15) is 11.9 Å². The molecular formula is C16H14F3NO. The van der Waals surface area contributed by atoms with E-state index in [0.717, 1.165) is 11.6 Å². The predicted molar refractivity (Wildman–Crippen MR) is 74.1 cm³/mol. The van der Waals surface area contributed by atoms with Crippen LogP contribution in [0.4, 0.5) is 13.2 Å². The Labute approximate surface area is 120 Å². The molecule has 2 nitrogen and oxygen atoms in total. The molecule has 21 heavy (non-hydrogen) atoms. The van der Waals surface area contributed by atoms with E-state index in [1.54, 1.807) is 18.2 Å². The Kier molecular flexibility index (Phi) is 3.37. The normalized spacial score (nSPS) is 17.4. The van der Waals surface area contributed by atoms with Crippen LogP contribution in [0.5, 0.6) is 5.75 Å². The summed E-state index contributed by atoms with van der Waals surface area (Å²) in [4.78, 5) is 0. The summed E-state index contributed by atoms with van der Waals surface area (Å²) >= 11 is 0. The van der Waals surface area contributed by atoms with Crippen molar-refractivity contribution in [2.45, 2.75) is 18.7 Å². The molecule has 5 heteroatoms. The van der Waals surface area contributed by atoms with Crippen molar-refractivity contribution in [3.8, 4) is 16.9 Å².